The van der Waals surface area contributed by atoms with Crippen LogP contribution in [0.5, 0.6) is 0 Å². The van der Waals surface area contributed by atoms with Crippen molar-refractivity contribution in [2.24, 2.45) is 0 Å². The second-order valence-corrected chi connectivity index (χ2v) is 8.25. The maximum absolute atomic E-state index is 12.8. The van der Waals surface area contributed by atoms with Gasteiger partial charge in [-0.2, -0.15) is 0 Å². The van der Waals surface area contributed by atoms with Crippen LogP contribution < -0.4 is 10.2 Å². The van der Waals surface area contributed by atoms with Crippen LogP contribution >= 0.6 is 11.8 Å². The molecule has 146 valence electrons. The van der Waals surface area contributed by atoms with E-state index >= 15 is 0 Å². The summed E-state index contributed by atoms with van der Waals surface area (Å²) in [4.78, 5) is 39.1. The zero-order valence-electron chi connectivity index (χ0n) is 16.3. The Morgan fingerprint density at radius 3 is 2.46 bits per heavy atom. The second kappa shape index (κ2) is 8.61. The Labute approximate surface area is 169 Å². The molecule has 3 amide bonds. The van der Waals surface area contributed by atoms with E-state index in [1.807, 2.05) is 63.2 Å². The monoisotopic (exact) mass is 396 g/mol. The summed E-state index contributed by atoms with van der Waals surface area (Å²) in [5.74, 6) is -0.365. The minimum Gasteiger partial charge on any atom is -0.326 e. The molecule has 1 heterocycles. The number of thioether (sulfide) groups is 1. The number of rotatable bonds is 6. The molecule has 0 spiro atoms. The molecule has 0 bridgehead atoms. The summed E-state index contributed by atoms with van der Waals surface area (Å²) in [5, 5.41) is 2.40. The molecule has 5 nitrogen and oxygen atoms in total. The topological polar surface area (TPSA) is 66.5 Å². The van der Waals surface area contributed by atoms with Gasteiger partial charge in [-0.25, -0.2) is 4.90 Å². The standard InChI is InChI=1S/C22H24N2O3S/c1-4-5-20(25)23-16-7-10-18(11-8-16)28-19-13-21(26)24(22(19)27)17-9-6-14(2)15(3)12-17/h6-12,19H,4-5,13H2,1-3H3,(H,23,25). The van der Waals surface area contributed by atoms with Crippen LogP contribution in [0.15, 0.2) is 47.4 Å². The third-order valence-electron chi connectivity index (χ3n) is 4.75. The van der Waals surface area contributed by atoms with Gasteiger partial charge in [0.1, 0.15) is 0 Å². The normalized spacial score (nSPS) is 16.5. The van der Waals surface area contributed by atoms with Crippen LogP contribution in [-0.4, -0.2) is 23.0 Å². The number of carbonyl (C=O) groups excluding carboxylic acids is 3. The van der Waals surface area contributed by atoms with Crippen molar-refractivity contribution in [3.63, 3.8) is 0 Å². The highest BCUT2D eigenvalue weighted by Crippen LogP contribution is 2.34. The van der Waals surface area contributed by atoms with Gasteiger partial charge in [-0.3, -0.25) is 14.4 Å². The molecule has 1 fully saturated rings. The van der Waals surface area contributed by atoms with Crippen LogP contribution in [0.25, 0.3) is 0 Å². The van der Waals surface area contributed by atoms with E-state index in [1.165, 1.54) is 16.7 Å². The molecule has 0 aliphatic carbocycles. The molecule has 2 aromatic rings. The van der Waals surface area contributed by atoms with Gasteiger partial charge in [0, 0.05) is 23.4 Å². The average molecular weight is 397 g/mol. The van der Waals surface area contributed by atoms with E-state index in [2.05, 4.69) is 5.32 Å². The largest absolute Gasteiger partial charge is 0.326 e. The van der Waals surface area contributed by atoms with E-state index in [-0.39, 0.29) is 24.1 Å². The highest BCUT2D eigenvalue weighted by atomic mass is 32.2. The van der Waals surface area contributed by atoms with Gasteiger partial charge >= 0.3 is 0 Å². The molecular weight excluding hydrogens is 372 g/mol. The minimum atomic E-state index is -0.436. The lowest BCUT2D eigenvalue weighted by Gasteiger charge is -2.16. The fourth-order valence-corrected chi connectivity index (χ4v) is 4.12. The van der Waals surface area contributed by atoms with Gasteiger partial charge in [-0.05, 0) is 67.8 Å². The number of imide groups is 1. The van der Waals surface area contributed by atoms with E-state index in [1.54, 1.807) is 0 Å². The Hall–Kier alpha value is -2.60. The molecule has 1 unspecified atom stereocenters. The Bertz CT molecular complexity index is 908. The third kappa shape index (κ3) is 4.44. The average Bonchev–Trinajstić information content (AvgIpc) is 2.93. The molecule has 0 saturated carbocycles. The first-order chi connectivity index (χ1) is 13.4. The third-order valence-corrected chi connectivity index (χ3v) is 5.94. The molecule has 2 aromatic carbocycles. The van der Waals surface area contributed by atoms with Gasteiger partial charge in [0.25, 0.3) is 0 Å². The summed E-state index contributed by atoms with van der Waals surface area (Å²) in [7, 11) is 0. The SMILES string of the molecule is CCCC(=O)Nc1ccc(SC2CC(=O)N(c3ccc(C)c(C)c3)C2=O)cc1. The summed E-state index contributed by atoms with van der Waals surface area (Å²) >= 11 is 1.38. The second-order valence-electron chi connectivity index (χ2n) is 6.97. The van der Waals surface area contributed by atoms with E-state index in [0.717, 1.165) is 28.1 Å². The highest BCUT2D eigenvalue weighted by molar-refractivity contribution is 8.00. The van der Waals surface area contributed by atoms with Gasteiger partial charge < -0.3 is 5.32 Å². The molecule has 6 heteroatoms. The van der Waals surface area contributed by atoms with Crippen LogP contribution in [0.2, 0.25) is 0 Å². The lowest BCUT2D eigenvalue weighted by molar-refractivity contribution is -0.121. The first-order valence-electron chi connectivity index (χ1n) is 9.39. The molecule has 1 atom stereocenters. The first-order valence-corrected chi connectivity index (χ1v) is 10.3. The van der Waals surface area contributed by atoms with Crippen molar-refractivity contribution in [2.75, 3.05) is 10.2 Å². The summed E-state index contributed by atoms with van der Waals surface area (Å²) in [6.45, 7) is 5.93. The Kier molecular flexibility index (Phi) is 6.19. The number of amides is 3. The number of aryl methyl sites for hydroxylation is 2. The molecule has 1 saturated heterocycles. The van der Waals surface area contributed by atoms with Crippen LogP contribution in [0.1, 0.15) is 37.3 Å². The molecule has 0 aromatic heterocycles. The number of anilines is 2. The smallest absolute Gasteiger partial charge is 0.247 e. The van der Waals surface area contributed by atoms with E-state index in [4.69, 9.17) is 0 Å². The number of benzene rings is 2. The summed E-state index contributed by atoms with van der Waals surface area (Å²) in [6, 6.07) is 13.0. The zero-order valence-corrected chi connectivity index (χ0v) is 17.1. The molecule has 1 aliphatic heterocycles. The van der Waals surface area contributed by atoms with Gasteiger partial charge in [-0.15, -0.1) is 11.8 Å². The van der Waals surface area contributed by atoms with Gasteiger partial charge in [-0.1, -0.05) is 13.0 Å². The predicted molar refractivity (Wildman–Crippen MR) is 113 cm³/mol. The highest BCUT2D eigenvalue weighted by Gasteiger charge is 2.40. The molecule has 3 rings (SSSR count). The van der Waals surface area contributed by atoms with E-state index < -0.39 is 5.25 Å². The molecule has 1 aliphatic rings. The van der Waals surface area contributed by atoms with Crippen molar-refractivity contribution in [3.05, 3.63) is 53.6 Å². The lowest BCUT2D eigenvalue weighted by Crippen LogP contribution is -2.31. The Balaban J connectivity index is 1.68. The quantitative estimate of drug-likeness (QED) is 0.732. The minimum absolute atomic E-state index is 0.0106. The van der Waals surface area contributed by atoms with Crippen molar-refractivity contribution in [3.8, 4) is 0 Å². The van der Waals surface area contributed by atoms with E-state index in [9.17, 15) is 14.4 Å². The Morgan fingerprint density at radius 1 is 1.11 bits per heavy atom. The maximum Gasteiger partial charge on any atom is 0.247 e. The summed E-state index contributed by atoms with van der Waals surface area (Å²) < 4.78 is 0. The molecule has 1 N–H and O–H groups in total. The van der Waals surface area contributed by atoms with Gasteiger partial charge in [0.05, 0.1) is 10.9 Å². The van der Waals surface area contributed by atoms with Crippen molar-refractivity contribution >= 4 is 40.9 Å². The van der Waals surface area contributed by atoms with Crippen molar-refractivity contribution in [1.29, 1.82) is 0 Å². The van der Waals surface area contributed by atoms with Crippen molar-refractivity contribution in [2.45, 2.75) is 50.2 Å². The summed E-state index contributed by atoms with van der Waals surface area (Å²) in [5.41, 5.74) is 3.54. The molecule has 28 heavy (non-hydrogen) atoms. The molecular formula is C22H24N2O3S. The zero-order chi connectivity index (χ0) is 20.3. The number of hydrogen-bond acceptors (Lipinski definition) is 4. The van der Waals surface area contributed by atoms with Crippen molar-refractivity contribution < 1.29 is 14.4 Å². The van der Waals surface area contributed by atoms with Crippen LogP contribution in [-0.2, 0) is 14.4 Å². The maximum atomic E-state index is 12.8. The van der Waals surface area contributed by atoms with Crippen LogP contribution in [0, 0.1) is 13.8 Å². The number of nitrogens with one attached hydrogen (secondary N) is 1. The van der Waals surface area contributed by atoms with Crippen LogP contribution in [0.3, 0.4) is 0 Å². The van der Waals surface area contributed by atoms with Gasteiger partial charge in [0.2, 0.25) is 17.7 Å². The molecule has 0 radical (unpaired) electrons. The summed E-state index contributed by atoms with van der Waals surface area (Å²) in [6.07, 6.45) is 1.48. The first kappa shape index (κ1) is 20.1. The van der Waals surface area contributed by atoms with E-state index in [0.29, 0.717) is 12.1 Å². The lowest BCUT2D eigenvalue weighted by atomic mass is 10.1. The number of hydrogen-bond donors (Lipinski definition) is 1. The Morgan fingerprint density at radius 2 is 1.82 bits per heavy atom. The fraction of sp³-hybridized carbons (Fsp3) is 0.318. The number of carbonyl (C=O) groups is 3. The van der Waals surface area contributed by atoms with Gasteiger partial charge in [0.15, 0.2) is 0 Å². The number of nitrogens with zero attached hydrogens (tertiary/aromatic N) is 1. The van der Waals surface area contributed by atoms with Crippen molar-refractivity contribution in [1.82, 2.24) is 0 Å². The van der Waals surface area contributed by atoms with Crippen LogP contribution in [0.4, 0.5) is 11.4 Å². The predicted octanol–water partition coefficient (Wildman–Crippen LogP) is 4.47. The fourth-order valence-electron chi connectivity index (χ4n) is 3.06.